The number of hydrogen-bond acceptors (Lipinski definition) is 2. The van der Waals surface area contributed by atoms with Crippen LogP contribution in [0.25, 0.3) is 0 Å². The van der Waals surface area contributed by atoms with Crippen molar-refractivity contribution in [3.8, 4) is 5.75 Å². The van der Waals surface area contributed by atoms with Gasteiger partial charge in [0.15, 0.2) is 5.78 Å². The van der Waals surface area contributed by atoms with E-state index in [2.05, 4.69) is 0 Å². The van der Waals surface area contributed by atoms with Crippen LogP contribution in [0, 0.1) is 5.82 Å². The van der Waals surface area contributed by atoms with E-state index in [4.69, 9.17) is 16.3 Å². The maximum atomic E-state index is 13.0. The Morgan fingerprint density at radius 1 is 1.21 bits per heavy atom. The Balaban J connectivity index is 2.44. The first-order chi connectivity index (χ1) is 9.13. The van der Waals surface area contributed by atoms with Crippen LogP contribution in [0.3, 0.4) is 0 Å². The van der Waals surface area contributed by atoms with Gasteiger partial charge in [0, 0.05) is 5.56 Å². The molecule has 0 spiro atoms. The third-order valence-electron chi connectivity index (χ3n) is 2.61. The highest BCUT2D eigenvalue weighted by Crippen LogP contribution is 2.25. The molecule has 0 atom stereocenters. The summed E-state index contributed by atoms with van der Waals surface area (Å²) in [6, 6.07) is 10.6. The van der Waals surface area contributed by atoms with Crippen LogP contribution < -0.4 is 4.74 Å². The molecule has 0 amide bonds. The minimum atomic E-state index is -0.473. The molecule has 0 heterocycles. The van der Waals surface area contributed by atoms with Crippen LogP contribution in [0.1, 0.15) is 22.8 Å². The van der Waals surface area contributed by atoms with Gasteiger partial charge in [0.25, 0.3) is 0 Å². The van der Waals surface area contributed by atoms with Gasteiger partial charge in [0.2, 0.25) is 0 Å². The molecule has 0 unspecified atom stereocenters. The second-order valence-corrected chi connectivity index (χ2v) is 4.29. The Morgan fingerprint density at radius 3 is 2.63 bits per heavy atom. The highest BCUT2D eigenvalue weighted by Gasteiger charge is 2.17. The Labute approximate surface area is 115 Å². The summed E-state index contributed by atoms with van der Waals surface area (Å²) in [4.78, 5) is 12.4. The zero-order valence-corrected chi connectivity index (χ0v) is 11.1. The van der Waals surface area contributed by atoms with Crippen molar-refractivity contribution >= 4 is 17.4 Å². The summed E-state index contributed by atoms with van der Waals surface area (Å²) in [5.74, 6) is -0.260. The minimum Gasteiger partial charge on any atom is -0.493 e. The lowest BCUT2D eigenvalue weighted by Crippen LogP contribution is -2.06. The zero-order valence-electron chi connectivity index (χ0n) is 10.3. The van der Waals surface area contributed by atoms with Crippen LogP contribution >= 0.6 is 11.6 Å². The van der Waals surface area contributed by atoms with Crippen molar-refractivity contribution in [2.45, 2.75) is 6.92 Å². The fourth-order valence-corrected chi connectivity index (χ4v) is 2.01. The van der Waals surface area contributed by atoms with Gasteiger partial charge in [-0.1, -0.05) is 23.7 Å². The molecule has 0 bridgehead atoms. The van der Waals surface area contributed by atoms with E-state index in [-0.39, 0.29) is 16.4 Å². The predicted octanol–water partition coefficient (Wildman–Crippen LogP) is 4.11. The van der Waals surface area contributed by atoms with Crippen LogP contribution in [0.5, 0.6) is 5.75 Å². The van der Waals surface area contributed by atoms with E-state index in [9.17, 15) is 9.18 Å². The standard InChI is InChI=1S/C15H12ClFO2/c1-2-19-14-6-4-3-5-12(14)15(18)11-8-7-10(17)9-13(11)16/h3-9H,2H2,1H3. The van der Waals surface area contributed by atoms with Gasteiger partial charge >= 0.3 is 0 Å². The average Bonchev–Trinajstić information content (AvgIpc) is 2.39. The van der Waals surface area contributed by atoms with Gasteiger partial charge < -0.3 is 4.74 Å². The monoisotopic (exact) mass is 278 g/mol. The summed E-state index contributed by atoms with van der Waals surface area (Å²) < 4.78 is 18.4. The lowest BCUT2D eigenvalue weighted by molar-refractivity contribution is 0.103. The van der Waals surface area contributed by atoms with Crippen LogP contribution in [-0.2, 0) is 0 Å². The first-order valence-electron chi connectivity index (χ1n) is 5.85. The molecule has 0 aliphatic rings. The quantitative estimate of drug-likeness (QED) is 0.787. The summed E-state index contributed by atoms with van der Waals surface area (Å²) in [5.41, 5.74) is 0.674. The molecular formula is C15H12ClFO2. The summed E-state index contributed by atoms with van der Waals surface area (Å²) in [6.07, 6.45) is 0. The molecule has 0 fully saturated rings. The molecule has 0 radical (unpaired) electrons. The van der Waals surface area contributed by atoms with Gasteiger partial charge in [-0.05, 0) is 37.3 Å². The van der Waals surface area contributed by atoms with Gasteiger partial charge in [-0.3, -0.25) is 4.79 Å². The molecule has 19 heavy (non-hydrogen) atoms. The molecule has 0 aliphatic carbocycles. The summed E-state index contributed by atoms with van der Waals surface area (Å²) >= 11 is 5.90. The highest BCUT2D eigenvalue weighted by molar-refractivity contribution is 6.35. The first kappa shape index (κ1) is 13.6. The average molecular weight is 279 g/mol. The Bertz CT molecular complexity index is 611. The van der Waals surface area contributed by atoms with Gasteiger partial charge in [-0.25, -0.2) is 4.39 Å². The van der Waals surface area contributed by atoms with E-state index in [0.717, 1.165) is 6.07 Å². The Hall–Kier alpha value is -1.87. The molecular weight excluding hydrogens is 267 g/mol. The normalized spacial score (nSPS) is 10.3. The molecule has 2 nitrogen and oxygen atoms in total. The Kier molecular flexibility index (Phi) is 4.17. The molecule has 0 saturated heterocycles. The van der Waals surface area contributed by atoms with Gasteiger partial charge in [-0.2, -0.15) is 0 Å². The van der Waals surface area contributed by atoms with Crippen LogP contribution in [0.2, 0.25) is 5.02 Å². The van der Waals surface area contributed by atoms with Crippen molar-refractivity contribution in [2.75, 3.05) is 6.61 Å². The highest BCUT2D eigenvalue weighted by atomic mass is 35.5. The maximum Gasteiger partial charge on any atom is 0.198 e. The number of para-hydroxylation sites is 1. The number of hydrogen-bond donors (Lipinski definition) is 0. The van der Waals surface area contributed by atoms with E-state index in [0.29, 0.717) is 17.9 Å². The van der Waals surface area contributed by atoms with E-state index in [1.165, 1.54) is 12.1 Å². The molecule has 2 aromatic rings. The van der Waals surface area contributed by atoms with E-state index in [1.54, 1.807) is 24.3 Å². The van der Waals surface area contributed by atoms with Crippen LogP contribution in [-0.4, -0.2) is 12.4 Å². The van der Waals surface area contributed by atoms with Crippen molar-refractivity contribution in [3.05, 3.63) is 64.4 Å². The molecule has 0 aliphatic heterocycles. The Morgan fingerprint density at radius 2 is 1.95 bits per heavy atom. The first-order valence-corrected chi connectivity index (χ1v) is 6.23. The number of benzene rings is 2. The van der Waals surface area contributed by atoms with Crippen LogP contribution in [0.15, 0.2) is 42.5 Å². The van der Waals surface area contributed by atoms with Crippen LogP contribution in [0.4, 0.5) is 4.39 Å². The summed E-state index contributed by atoms with van der Waals surface area (Å²) in [6.45, 7) is 2.30. The lowest BCUT2D eigenvalue weighted by atomic mass is 10.0. The summed E-state index contributed by atoms with van der Waals surface area (Å²) in [7, 11) is 0. The lowest BCUT2D eigenvalue weighted by Gasteiger charge is -2.09. The third kappa shape index (κ3) is 2.93. The van der Waals surface area contributed by atoms with Crippen molar-refractivity contribution in [2.24, 2.45) is 0 Å². The van der Waals surface area contributed by atoms with Crippen molar-refractivity contribution < 1.29 is 13.9 Å². The topological polar surface area (TPSA) is 26.3 Å². The summed E-state index contributed by atoms with van der Waals surface area (Å²) in [5, 5.41) is 0.0938. The van der Waals surface area contributed by atoms with E-state index >= 15 is 0 Å². The van der Waals surface area contributed by atoms with Gasteiger partial charge in [0.05, 0.1) is 17.2 Å². The number of carbonyl (C=O) groups is 1. The van der Waals surface area contributed by atoms with Gasteiger partial charge in [-0.15, -0.1) is 0 Å². The van der Waals surface area contributed by atoms with E-state index < -0.39 is 5.82 Å². The van der Waals surface area contributed by atoms with Crippen molar-refractivity contribution in [1.82, 2.24) is 0 Å². The second-order valence-electron chi connectivity index (χ2n) is 3.88. The molecule has 2 aromatic carbocycles. The maximum absolute atomic E-state index is 13.0. The molecule has 98 valence electrons. The molecule has 0 saturated carbocycles. The zero-order chi connectivity index (χ0) is 13.8. The van der Waals surface area contributed by atoms with Crippen molar-refractivity contribution in [3.63, 3.8) is 0 Å². The largest absolute Gasteiger partial charge is 0.493 e. The second kappa shape index (κ2) is 5.85. The number of ketones is 1. The molecule has 0 aromatic heterocycles. The predicted molar refractivity (Wildman–Crippen MR) is 72.5 cm³/mol. The molecule has 2 rings (SSSR count). The molecule has 0 N–H and O–H groups in total. The SMILES string of the molecule is CCOc1ccccc1C(=O)c1ccc(F)cc1Cl. The number of rotatable bonds is 4. The van der Waals surface area contributed by atoms with E-state index in [1.807, 2.05) is 6.92 Å². The molecule has 4 heteroatoms. The number of halogens is 2. The van der Waals surface area contributed by atoms with Gasteiger partial charge in [0.1, 0.15) is 11.6 Å². The number of carbonyl (C=O) groups excluding carboxylic acids is 1. The fourth-order valence-electron chi connectivity index (χ4n) is 1.75. The minimum absolute atomic E-state index is 0.0938. The smallest absolute Gasteiger partial charge is 0.198 e. The fraction of sp³-hybridized carbons (Fsp3) is 0.133. The van der Waals surface area contributed by atoms with Crippen molar-refractivity contribution in [1.29, 1.82) is 0 Å². The third-order valence-corrected chi connectivity index (χ3v) is 2.92. The number of ether oxygens (including phenoxy) is 1.